The molecule has 2 N–H and O–H groups in total. The van der Waals surface area contributed by atoms with Gasteiger partial charge in [-0.1, -0.05) is 12.1 Å². The number of hydrogen-bond donors (Lipinski definition) is 3. The first-order chi connectivity index (χ1) is 15.0. The second-order valence-electron chi connectivity index (χ2n) is 6.41. The number of anilines is 1. The Labute approximate surface area is 191 Å². The average molecular weight is 466 g/mol. The summed E-state index contributed by atoms with van der Waals surface area (Å²) in [6.45, 7) is 0.346. The van der Waals surface area contributed by atoms with E-state index in [-0.39, 0.29) is 25.6 Å². The molecule has 0 spiro atoms. The molecule has 9 heteroatoms. The quantitative estimate of drug-likeness (QED) is 0.186. The van der Waals surface area contributed by atoms with Crippen molar-refractivity contribution in [3.63, 3.8) is 0 Å². The van der Waals surface area contributed by atoms with E-state index in [1.165, 1.54) is 0 Å². The molecule has 0 heterocycles. The number of benzene rings is 2. The smallest absolute Gasteiger partial charge is 0.412 e. The number of thiol groups is 1. The van der Waals surface area contributed by atoms with E-state index in [0.717, 1.165) is 10.5 Å². The number of carbonyl (C=O) groups is 2. The van der Waals surface area contributed by atoms with Crippen LogP contribution >= 0.6 is 24.4 Å². The molecule has 0 aliphatic carbocycles. The fourth-order valence-electron chi connectivity index (χ4n) is 2.69. The Kier molecular flexibility index (Phi) is 11.1. The van der Waals surface area contributed by atoms with Crippen LogP contribution in [0.4, 0.5) is 10.5 Å². The van der Waals surface area contributed by atoms with Gasteiger partial charge < -0.3 is 19.3 Å². The van der Waals surface area contributed by atoms with Crippen molar-refractivity contribution < 1.29 is 28.9 Å². The predicted molar refractivity (Wildman–Crippen MR) is 124 cm³/mol. The number of aliphatic hydroxyl groups excluding tert-OH is 1. The topological polar surface area (TPSA) is 94.1 Å². The van der Waals surface area contributed by atoms with E-state index in [0.29, 0.717) is 24.3 Å². The number of aliphatic hydroxyl groups is 1. The number of ether oxygens (including phenoxy) is 3. The Hall–Kier alpha value is -2.36. The Morgan fingerprint density at radius 3 is 2.42 bits per heavy atom. The van der Waals surface area contributed by atoms with Crippen LogP contribution in [-0.4, -0.2) is 49.0 Å². The molecule has 2 rings (SSSR count). The second-order valence-corrected chi connectivity index (χ2v) is 7.61. The molecule has 0 aliphatic heterocycles. The molecule has 0 radical (unpaired) electrons. The van der Waals surface area contributed by atoms with Gasteiger partial charge in [0.05, 0.1) is 19.0 Å². The summed E-state index contributed by atoms with van der Waals surface area (Å²) in [5.74, 6) is 0.239. The highest BCUT2D eigenvalue weighted by Crippen LogP contribution is 2.26. The van der Waals surface area contributed by atoms with Crippen LogP contribution in [0.15, 0.2) is 53.4 Å². The molecule has 0 unspecified atom stereocenters. The van der Waals surface area contributed by atoms with Crippen molar-refractivity contribution in [2.75, 3.05) is 37.1 Å². The third-order valence-corrected chi connectivity index (χ3v) is 5.20. The summed E-state index contributed by atoms with van der Waals surface area (Å²) in [5.41, 5.74) is 1.42. The van der Waals surface area contributed by atoms with Crippen LogP contribution in [-0.2, 0) is 14.3 Å². The third-order valence-electron chi connectivity index (χ3n) is 4.20. The number of thioether (sulfide) groups is 1. The van der Waals surface area contributed by atoms with Gasteiger partial charge >= 0.3 is 12.1 Å². The first kappa shape index (κ1) is 24.9. The maximum absolute atomic E-state index is 12.5. The molecular weight excluding hydrogens is 438 g/mol. The summed E-state index contributed by atoms with van der Waals surface area (Å²) >= 11 is 5.49. The normalized spacial score (nSPS) is 11.5. The molecule has 0 bridgehead atoms. The predicted octanol–water partition coefficient (Wildman–Crippen LogP) is 4.32. The van der Waals surface area contributed by atoms with Crippen molar-refractivity contribution in [2.45, 2.75) is 23.8 Å². The largest absolute Gasteiger partial charge is 0.491 e. The van der Waals surface area contributed by atoms with Crippen LogP contribution in [0.2, 0.25) is 0 Å². The molecule has 0 aliphatic rings. The molecule has 0 fully saturated rings. The molecule has 7 nitrogen and oxygen atoms in total. The number of esters is 1. The van der Waals surface area contributed by atoms with E-state index in [4.69, 9.17) is 19.3 Å². The molecule has 0 saturated carbocycles. The summed E-state index contributed by atoms with van der Waals surface area (Å²) in [6, 6.07) is 14.6. The summed E-state index contributed by atoms with van der Waals surface area (Å²) in [5, 5.41) is 11.6. The Morgan fingerprint density at radius 1 is 1.10 bits per heavy atom. The summed E-state index contributed by atoms with van der Waals surface area (Å²) in [6.07, 6.45) is 1.86. The third kappa shape index (κ3) is 9.12. The van der Waals surface area contributed by atoms with E-state index in [9.17, 15) is 9.59 Å². The highest BCUT2D eigenvalue weighted by Gasteiger charge is 2.18. The van der Waals surface area contributed by atoms with Crippen LogP contribution in [0, 0.1) is 0 Å². The lowest BCUT2D eigenvalue weighted by Crippen LogP contribution is -2.18. The first-order valence-electron chi connectivity index (χ1n) is 9.77. The molecule has 0 aromatic heterocycles. The molecule has 2 aromatic carbocycles. The molecule has 1 amide bonds. The highest BCUT2D eigenvalue weighted by atomic mass is 32.2. The van der Waals surface area contributed by atoms with E-state index in [2.05, 4.69) is 17.9 Å². The minimum Gasteiger partial charge on any atom is -0.491 e. The highest BCUT2D eigenvalue weighted by molar-refractivity contribution is 7.98. The van der Waals surface area contributed by atoms with Crippen molar-refractivity contribution in [1.82, 2.24) is 0 Å². The van der Waals surface area contributed by atoms with E-state index in [1.54, 1.807) is 36.0 Å². The monoisotopic (exact) mass is 465 g/mol. The number of amides is 1. The maximum atomic E-state index is 12.5. The second kappa shape index (κ2) is 13.8. The number of hydrogen-bond acceptors (Lipinski definition) is 8. The molecular formula is C22H27NO6S2. The van der Waals surface area contributed by atoms with Crippen LogP contribution < -0.4 is 10.1 Å². The van der Waals surface area contributed by atoms with Crippen LogP contribution in [0.25, 0.3) is 0 Å². The van der Waals surface area contributed by atoms with Gasteiger partial charge in [-0.2, -0.15) is 12.6 Å². The number of rotatable bonds is 12. The van der Waals surface area contributed by atoms with E-state index >= 15 is 0 Å². The van der Waals surface area contributed by atoms with Crippen LogP contribution in [0.1, 0.15) is 24.5 Å². The van der Waals surface area contributed by atoms with Crippen molar-refractivity contribution in [2.24, 2.45) is 0 Å². The summed E-state index contributed by atoms with van der Waals surface area (Å²) in [7, 11) is 0. The minimum atomic E-state index is -0.574. The molecule has 2 aromatic rings. The van der Waals surface area contributed by atoms with Gasteiger partial charge in [0.25, 0.3) is 0 Å². The summed E-state index contributed by atoms with van der Waals surface area (Å²) in [4.78, 5) is 24.8. The average Bonchev–Trinajstić information content (AvgIpc) is 2.80. The van der Waals surface area contributed by atoms with Gasteiger partial charge in [0.15, 0.2) is 0 Å². The van der Waals surface area contributed by atoms with Crippen molar-refractivity contribution in [3.8, 4) is 5.75 Å². The Balaban J connectivity index is 2.01. The van der Waals surface area contributed by atoms with Crippen molar-refractivity contribution >= 4 is 42.1 Å². The van der Waals surface area contributed by atoms with Gasteiger partial charge in [0.1, 0.15) is 18.5 Å². The van der Waals surface area contributed by atoms with Gasteiger partial charge in [-0.15, -0.1) is 11.8 Å². The Bertz CT molecular complexity index is 814. The molecule has 31 heavy (non-hydrogen) atoms. The van der Waals surface area contributed by atoms with E-state index < -0.39 is 18.2 Å². The zero-order valence-electron chi connectivity index (χ0n) is 17.3. The van der Waals surface area contributed by atoms with Crippen LogP contribution in [0.5, 0.6) is 5.75 Å². The lowest BCUT2D eigenvalue weighted by Gasteiger charge is -2.19. The molecule has 168 valence electrons. The molecule has 1 atom stereocenters. The fraction of sp³-hybridized carbons (Fsp3) is 0.364. The number of nitrogens with one attached hydrogen (secondary N) is 1. The number of carbonyl (C=O) groups excluding carboxylic acids is 2. The van der Waals surface area contributed by atoms with Gasteiger partial charge in [0.2, 0.25) is 0 Å². The van der Waals surface area contributed by atoms with Crippen LogP contribution in [0.3, 0.4) is 0 Å². The summed E-state index contributed by atoms with van der Waals surface area (Å²) < 4.78 is 16.1. The lowest BCUT2D eigenvalue weighted by atomic mass is 10.0. The maximum Gasteiger partial charge on any atom is 0.412 e. The lowest BCUT2D eigenvalue weighted by molar-refractivity contribution is -0.140. The van der Waals surface area contributed by atoms with E-state index in [1.807, 2.05) is 30.5 Å². The zero-order valence-corrected chi connectivity index (χ0v) is 19.0. The standard InChI is InChI=1S/C22H27NO6S2/c1-31-19-10-6-17(7-11-19)23-22(26)29-20(3-2-13-28-21(25)15-30)16-4-8-18(9-5-16)27-14-12-24/h4-11,20,24,30H,2-3,12-15H2,1H3,(H,23,26)/t20-/m1/s1. The van der Waals surface area contributed by atoms with Gasteiger partial charge in [-0.05, 0) is 61.1 Å². The minimum absolute atomic E-state index is 0.0208. The Morgan fingerprint density at radius 2 is 1.81 bits per heavy atom. The van der Waals surface area contributed by atoms with Gasteiger partial charge in [-0.25, -0.2) is 4.79 Å². The zero-order chi connectivity index (χ0) is 22.5. The SMILES string of the molecule is CSc1ccc(NC(=O)O[C@H](CCCOC(=O)CS)c2ccc(OCCO)cc2)cc1. The van der Waals surface area contributed by atoms with Gasteiger partial charge in [-0.3, -0.25) is 10.1 Å². The van der Waals surface area contributed by atoms with Crippen molar-refractivity contribution in [1.29, 1.82) is 0 Å². The first-order valence-corrected chi connectivity index (χ1v) is 11.6. The fourth-order valence-corrected chi connectivity index (χ4v) is 3.19. The molecule has 0 saturated heterocycles. The van der Waals surface area contributed by atoms with Crippen molar-refractivity contribution in [3.05, 3.63) is 54.1 Å². The van der Waals surface area contributed by atoms with Gasteiger partial charge in [0, 0.05) is 10.6 Å².